The van der Waals surface area contributed by atoms with Crippen LogP contribution in [0.3, 0.4) is 0 Å². The summed E-state index contributed by atoms with van der Waals surface area (Å²) in [5.74, 6) is -2.21. The SMILES string of the molecule is NC(N)=NCCCC(NC(=O)[C@@H]1CCCN1C(=O)[C@@H]1CCC(=O)N1)C(=O)O. The van der Waals surface area contributed by atoms with E-state index in [9.17, 15) is 24.3 Å². The Hall–Kier alpha value is -2.85. The van der Waals surface area contributed by atoms with Gasteiger partial charge < -0.3 is 32.1 Å². The predicted octanol–water partition coefficient (Wildman–Crippen LogP) is -2.12. The molecular weight excluding hydrogens is 356 g/mol. The largest absolute Gasteiger partial charge is 0.480 e. The Balaban J connectivity index is 1.93. The number of likely N-dealkylation sites (tertiary alicyclic amines) is 1. The van der Waals surface area contributed by atoms with E-state index in [0.29, 0.717) is 32.2 Å². The van der Waals surface area contributed by atoms with E-state index < -0.39 is 30.0 Å². The molecule has 11 heteroatoms. The van der Waals surface area contributed by atoms with Gasteiger partial charge >= 0.3 is 5.97 Å². The van der Waals surface area contributed by atoms with Gasteiger partial charge in [0.15, 0.2) is 5.96 Å². The number of nitrogens with zero attached hydrogens (tertiary/aromatic N) is 2. The fourth-order valence-corrected chi connectivity index (χ4v) is 3.33. The molecule has 7 N–H and O–H groups in total. The van der Waals surface area contributed by atoms with Gasteiger partial charge in [0, 0.05) is 19.5 Å². The molecule has 3 atom stereocenters. The number of aliphatic carboxylic acids is 1. The molecule has 150 valence electrons. The average Bonchev–Trinajstić information content (AvgIpc) is 3.25. The number of carboxylic acid groups (broad SMARTS) is 1. The second kappa shape index (κ2) is 9.19. The van der Waals surface area contributed by atoms with Crippen molar-refractivity contribution in [2.75, 3.05) is 13.1 Å². The first-order valence-electron chi connectivity index (χ1n) is 8.98. The maximum atomic E-state index is 12.6. The summed E-state index contributed by atoms with van der Waals surface area (Å²) in [6.45, 7) is 0.670. The molecule has 2 fully saturated rings. The minimum atomic E-state index is -1.16. The maximum absolute atomic E-state index is 12.6. The van der Waals surface area contributed by atoms with Gasteiger partial charge in [0.1, 0.15) is 18.1 Å². The van der Waals surface area contributed by atoms with E-state index in [1.54, 1.807) is 0 Å². The molecule has 2 saturated heterocycles. The lowest BCUT2D eigenvalue weighted by atomic mass is 10.1. The number of nitrogens with one attached hydrogen (secondary N) is 2. The Kier molecular flexibility index (Phi) is 6.97. The third-order valence-corrected chi connectivity index (χ3v) is 4.69. The number of rotatable bonds is 8. The summed E-state index contributed by atoms with van der Waals surface area (Å²) in [4.78, 5) is 53.1. The van der Waals surface area contributed by atoms with E-state index >= 15 is 0 Å². The molecule has 0 aromatic carbocycles. The number of nitrogens with two attached hydrogens (primary N) is 2. The molecule has 27 heavy (non-hydrogen) atoms. The van der Waals surface area contributed by atoms with Crippen LogP contribution < -0.4 is 22.1 Å². The van der Waals surface area contributed by atoms with Gasteiger partial charge in [-0.3, -0.25) is 19.4 Å². The Labute approximate surface area is 156 Å². The zero-order chi connectivity index (χ0) is 20.0. The Bertz CT molecular complexity index is 633. The van der Waals surface area contributed by atoms with Crippen molar-refractivity contribution in [1.29, 1.82) is 0 Å². The smallest absolute Gasteiger partial charge is 0.326 e. The number of carbonyl (C=O) groups is 4. The van der Waals surface area contributed by atoms with Crippen LogP contribution in [0.5, 0.6) is 0 Å². The minimum Gasteiger partial charge on any atom is -0.480 e. The predicted molar refractivity (Wildman–Crippen MR) is 95.4 cm³/mol. The number of hydrogen-bond acceptors (Lipinski definition) is 5. The van der Waals surface area contributed by atoms with Gasteiger partial charge in [-0.05, 0) is 32.1 Å². The van der Waals surface area contributed by atoms with Gasteiger partial charge in [0.2, 0.25) is 17.7 Å². The molecule has 1 unspecified atom stereocenters. The molecule has 3 amide bonds. The van der Waals surface area contributed by atoms with Gasteiger partial charge in [0.05, 0.1) is 0 Å². The van der Waals surface area contributed by atoms with Crippen molar-refractivity contribution in [3.8, 4) is 0 Å². The standard InChI is InChI=1S/C16H26N6O5/c17-16(18)19-7-1-3-10(15(26)27)21-13(24)11-4-2-8-22(11)14(25)9-5-6-12(23)20-9/h9-11H,1-8H2,(H,20,23)(H,21,24)(H,26,27)(H4,17,18,19)/t9-,10?,11-/m0/s1. The summed E-state index contributed by atoms with van der Waals surface area (Å²) < 4.78 is 0. The van der Waals surface area contributed by atoms with Crippen molar-refractivity contribution >= 4 is 29.7 Å². The van der Waals surface area contributed by atoms with Gasteiger partial charge in [-0.1, -0.05) is 0 Å². The molecule has 2 heterocycles. The Morgan fingerprint density at radius 3 is 2.67 bits per heavy atom. The second-order valence-electron chi connectivity index (χ2n) is 6.70. The molecule has 2 aliphatic rings. The third-order valence-electron chi connectivity index (χ3n) is 4.69. The molecule has 0 aromatic rings. The highest BCUT2D eigenvalue weighted by Gasteiger charge is 2.40. The molecule has 11 nitrogen and oxygen atoms in total. The van der Waals surface area contributed by atoms with Crippen LogP contribution in [0.1, 0.15) is 38.5 Å². The fraction of sp³-hybridized carbons (Fsp3) is 0.688. The van der Waals surface area contributed by atoms with Crippen LogP contribution in [0.4, 0.5) is 0 Å². The molecule has 2 rings (SSSR count). The first kappa shape index (κ1) is 20.5. The monoisotopic (exact) mass is 382 g/mol. The van der Waals surface area contributed by atoms with E-state index in [0.717, 1.165) is 0 Å². The lowest BCUT2D eigenvalue weighted by molar-refractivity contribution is -0.144. The molecule has 0 bridgehead atoms. The van der Waals surface area contributed by atoms with E-state index in [1.807, 2.05) is 0 Å². The summed E-state index contributed by atoms with van der Waals surface area (Å²) in [6, 6.07) is -2.43. The number of carboxylic acids is 1. The van der Waals surface area contributed by atoms with Crippen LogP contribution in [0.2, 0.25) is 0 Å². The quantitative estimate of drug-likeness (QED) is 0.181. The number of guanidine groups is 1. The Morgan fingerprint density at radius 2 is 2.07 bits per heavy atom. The van der Waals surface area contributed by atoms with E-state index in [-0.39, 0.29) is 37.2 Å². The van der Waals surface area contributed by atoms with Crippen molar-refractivity contribution < 1.29 is 24.3 Å². The van der Waals surface area contributed by atoms with Crippen LogP contribution >= 0.6 is 0 Å². The zero-order valence-electron chi connectivity index (χ0n) is 15.0. The van der Waals surface area contributed by atoms with Gasteiger partial charge in [-0.25, -0.2) is 4.79 Å². The molecule has 0 saturated carbocycles. The molecule has 0 aromatic heterocycles. The summed E-state index contributed by atoms with van der Waals surface area (Å²) in [6.07, 6.45) is 2.35. The van der Waals surface area contributed by atoms with Crippen LogP contribution in [-0.2, 0) is 19.2 Å². The van der Waals surface area contributed by atoms with E-state index in [1.165, 1.54) is 4.90 Å². The molecule has 0 spiro atoms. The Morgan fingerprint density at radius 1 is 1.33 bits per heavy atom. The van der Waals surface area contributed by atoms with Gasteiger partial charge in [-0.2, -0.15) is 0 Å². The summed E-state index contributed by atoms with van der Waals surface area (Å²) in [5, 5.41) is 14.4. The summed E-state index contributed by atoms with van der Waals surface area (Å²) in [5.41, 5.74) is 10.4. The first-order chi connectivity index (χ1) is 12.8. The van der Waals surface area contributed by atoms with Crippen molar-refractivity contribution in [3.63, 3.8) is 0 Å². The first-order valence-corrected chi connectivity index (χ1v) is 8.98. The third kappa shape index (κ3) is 5.56. The highest BCUT2D eigenvalue weighted by Crippen LogP contribution is 2.21. The van der Waals surface area contributed by atoms with Crippen LogP contribution in [-0.4, -0.2) is 70.9 Å². The van der Waals surface area contributed by atoms with Crippen molar-refractivity contribution in [1.82, 2.24) is 15.5 Å². The van der Waals surface area contributed by atoms with Crippen molar-refractivity contribution in [2.24, 2.45) is 16.5 Å². The van der Waals surface area contributed by atoms with Crippen molar-refractivity contribution in [3.05, 3.63) is 0 Å². The highest BCUT2D eigenvalue weighted by molar-refractivity contribution is 5.95. The second-order valence-corrected chi connectivity index (χ2v) is 6.70. The summed E-state index contributed by atoms with van der Waals surface area (Å²) in [7, 11) is 0. The van der Waals surface area contributed by atoms with Crippen LogP contribution in [0.15, 0.2) is 4.99 Å². The molecular formula is C16H26N6O5. The number of amides is 3. The van der Waals surface area contributed by atoms with Gasteiger partial charge in [0.25, 0.3) is 0 Å². The topological polar surface area (TPSA) is 180 Å². The number of hydrogen-bond donors (Lipinski definition) is 5. The lowest BCUT2D eigenvalue weighted by Gasteiger charge is -2.27. The molecule has 2 aliphatic heterocycles. The lowest BCUT2D eigenvalue weighted by Crippen LogP contribution is -2.54. The fourth-order valence-electron chi connectivity index (χ4n) is 3.33. The van der Waals surface area contributed by atoms with Crippen LogP contribution in [0.25, 0.3) is 0 Å². The summed E-state index contributed by atoms with van der Waals surface area (Å²) >= 11 is 0. The van der Waals surface area contributed by atoms with Crippen molar-refractivity contribution in [2.45, 2.75) is 56.7 Å². The van der Waals surface area contributed by atoms with E-state index in [4.69, 9.17) is 11.5 Å². The highest BCUT2D eigenvalue weighted by atomic mass is 16.4. The maximum Gasteiger partial charge on any atom is 0.326 e. The average molecular weight is 382 g/mol. The minimum absolute atomic E-state index is 0.0787. The van der Waals surface area contributed by atoms with Crippen LogP contribution in [0, 0.1) is 0 Å². The molecule has 0 radical (unpaired) electrons. The van der Waals surface area contributed by atoms with Gasteiger partial charge in [-0.15, -0.1) is 0 Å². The number of carbonyl (C=O) groups excluding carboxylic acids is 3. The molecule has 0 aliphatic carbocycles. The number of aliphatic imine (C=N–C) groups is 1. The normalized spacial score (nSPS) is 22.8. The zero-order valence-corrected chi connectivity index (χ0v) is 15.0. The van der Waals surface area contributed by atoms with E-state index in [2.05, 4.69) is 15.6 Å².